The van der Waals surface area contributed by atoms with Gasteiger partial charge in [0.25, 0.3) is 0 Å². The van der Waals surface area contributed by atoms with Gasteiger partial charge in [0.05, 0.1) is 0 Å². The van der Waals surface area contributed by atoms with E-state index in [1.165, 1.54) is 11.1 Å². The fourth-order valence-corrected chi connectivity index (χ4v) is 3.51. The molecule has 0 aliphatic carbocycles. The van der Waals surface area contributed by atoms with Crippen LogP contribution in [0.4, 0.5) is 0 Å². The lowest BCUT2D eigenvalue weighted by molar-refractivity contribution is 0.318. The molecule has 3 aromatic carbocycles. The fourth-order valence-electron chi connectivity index (χ4n) is 3.51. The minimum Gasteiger partial charge on any atom is -0.410 e. The highest BCUT2D eigenvalue weighted by molar-refractivity contribution is 6.47. The third-order valence-electron chi connectivity index (χ3n) is 5.11. The molecule has 0 aromatic heterocycles. The molecule has 0 saturated heterocycles. The Balaban J connectivity index is 1.99. The Morgan fingerprint density at radius 2 is 1.26 bits per heavy atom. The van der Waals surface area contributed by atoms with E-state index in [1.807, 2.05) is 66.7 Å². The van der Waals surface area contributed by atoms with E-state index in [9.17, 15) is 5.21 Å². The first-order valence-corrected chi connectivity index (χ1v) is 11.0. The zero-order valence-electron chi connectivity index (χ0n) is 18.2. The van der Waals surface area contributed by atoms with E-state index in [-0.39, 0.29) is 0 Å². The maximum atomic E-state index is 10.0. The molecule has 4 heteroatoms. The van der Waals surface area contributed by atoms with Crippen molar-refractivity contribution in [1.82, 2.24) is 4.90 Å². The lowest BCUT2D eigenvalue weighted by Gasteiger charge is -2.27. The van der Waals surface area contributed by atoms with Gasteiger partial charge in [0.1, 0.15) is 0 Å². The second-order valence-corrected chi connectivity index (χ2v) is 7.55. The Labute approximate surface area is 185 Å². The van der Waals surface area contributed by atoms with Crippen LogP contribution in [0.15, 0.2) is 101 Å². The van der Waals surface area contributed by atoms with E-state index in [0.29, 0.717) is 25.3 Å². The molecule has 0 aliphatic rings. The summed E-state index contributed by atoms with van der Waals surface area (Å²) >= 11 is 0. The maximum absolute atomic E-state index is 10.0. The largest absolute Gasteiger partial charge is 0.410 e. The van der Waals surface area contributed by atoms with Gasteiger partial charge in [0.15, 0.2) is 11.5 Å². The van der Waals surface area contributed by atoms with Crippen LogP contribution in [0, 0.1) is 0 Å². The molecule has 31 heavy (non-hydrogen) atoms. The Morgan fingerprint density at radius 3 is 1.74 bits per heavy atom. The van der Waals surface area contributed by atoms with Crippen molar-refractivity contribution in [3.05, 3.63) is 108 Å². The molecule has 0 aliphatic heterocycles. The summed E-state index contributed by atoms with van der Waals surface area (Å²) in [5.41, 5.74) is 3.73. The molecule has 0 fully saturated rings. The van der Waals surface area contributed by atoms with Crippen molar-refractivity contribution in [2.45, 2.75) is 39.3 Å². The molecular weight excluding hydrogens is 382 g/mol. The normalized spacial score (nSPS) is 12.0. The molecule has 4 nitrogen and oxygen atoms in total. The second-order valence-electron chi connectivity index (χ2n) is 7.55. The highest BCUT2D eigenvalue weighted by Crippen LogP contribution is 2.15. The first kappa shape index (κ1) is 22.3. The van der Waals surface area contributed by atoms with E-state index < -0.39 is 0 Å². The van der Waals surface area contributed by atoms with Crippen molar-refractivity contribution in [1.29, 1.82) is 0 Å². The van der Waals surface area contributed by atoms with Gasteiger partial charge in [-0.25, -0.2) is 0 Å². The summed E-state index contributed by atoms with van der Waals surface area (Å²) in [7, 11) is 0. The van der Waals surface area contributed by atoms with Crippen molar-refractivity contribution < 1.29 is 5.21 Å². The van der Waals surface area contributed by atoms with Gasteiger partial charge in [0.2, 0.25) is 0 Å². The Hall–Kier alpha value is -3.40. The van der Waals surface area contributed by atoms with Crippen molar-refractivity contribution >= 4 is 11.5 Å². The number of rotatable bonds is 10. The topological polar surface area (TPSA) is 48.2 Å². The van der Waals surface area contributed by atoms with E-state index in [1.54, 1.807) is 0 Å². The van der Waals surface area contributed by atoms with Crippen LogP contribution in [-0.4, -0.2) is 28.2 Å². The standard InChI is InChI=1S/C27H31N3O/c1-2-3-13-20-28-27(26(29-31)25-18-11-6-12-19-25)30(21-23-14-7-4-8-15-23)22-24-16-9-5-10-17-24/h4-12,14-19,31H,2-3,13,20-22H2,1H3/b28-27?,29-26-. The molecule has 0 unspecified atom stereocenters. The predicted molar refractivity (Wildman–Crippen MR) is 129 cm³/mol. The van der Waals surface area contributed by atoms with Crippen molar-refractivity contribution in [2.75, 3.05) is 6.54 Å². The summed E-state index contributed by atoms with van der Waals surface area (Å²) in [5, 5.41) is 13.7. The quantitative estimate of drug-likeness (QED) is 0.142. The van der Waals surface area contributed by atoms with Gasteiger partial charge in [-0.2, -0.15) is 0 Å². The average molecular weight is 414 g/mol. The van der Waals surface area contributed by atoms with Gasteiger partial charge in [-0.1, -0.05) is 116 Å². The van der Waals surface area contributed by atoms with E-state index >= 15 is 0 Å². The molecule has 0 saturated carbocycles. The second kappa shape index (κ2) is 12.3. The zero-order chi connectivity index (χ0) is 21.7. The van der Waals surface area contributed by atoms with Crippen LogP contribution in [0.3, 0.4) is 0 Å². The number of hydrogen-bond acceptors (Lipinski definition) is 3. The third kappa shape index (κ3) is 6.82. The highest BCUT2D eigenvalue weighted by atomic mass is 16.4. The van der Waals surface area contributed by atoms with Crippen LogP contribution in [0.5, 0.6) is 0 Å². The first-order valence-electron chi connectivity index (χ1n) is 11.0. The average Bonchev–Trinajstić information content (AvgIpc) is 2.83. The van der Waals surface area contributed by atoms with Crippen LogP contribution < -0.4 is 0 Å². The highest BCUT2D eigenvalue weighted by Gasteiger charge is 2.20. The number of oxime groups is 1. The SMILES string of the molecule is CCCCCN=C(/C(=N\O)c1ccccc1)N(Cc1ccccc1)Cc1ccccc1. The summed E-state index contributed by atoms with van der Waals surface area (Å²) in [6.07, 6.45) is 3.28. The molecule has 0 spiro atoms. The molecule has 0 heterocycles. The summed E-state index contributed by atoms with van der Waals surface area (Å²) < 4.78 is 0. The number of amidine groups is 1. The summed E-state index contributed by atoms with van der Waals surface area (Å²) in [5.74, 6) is 0.720. The van der Waals surface area contributed by atoms with Crippen molar-refractivity contribution in [3.63, 3.8) is 0 Å². The molecule has 160 valence electrons. The number of benzene rings is 3. The van der Waals surface area contributed by atoms with Crippen LogP contribution in [0.2, 0.25) is 0 Å². The molecule has 0 amide bonds. The zero-order valence-corrected chi connectivity index (χ0v) is 18.2. The molecule has 0 atom stereocenters. The van der Waals surface area contributed by atoms with Gasteiger partial charge in [-0.05, 0) is 17.5 Å². The molecule has 3 rings (SSSR count). The van der Waals surface area contributed by atoms with Gasteiger partial charge < -0.3 is 10.1 Å². The molecule has 1 N–H and O–H groups in total. The smallest absolute Gasteiger partial charge is 0.154 e. The van der Waals surface area contributed by atoms with Crippen molar-refractivity contribution in [2.24, 2.45) is 10.1 Å². The van der Waals surface area contributed by atoms with E-state index in [2.05, 4.69) is 41.2 Å². The van der Waals surface area contributed by atoms with Gasteiger partial charge in [-0.15, -0.1) is 0 Å². The minimum absolute atomic E-state index is 0.504. The number of unbranched alkanes of at least 4 members (excludes halogenated alkanes) is 2. The predicted octanol–water partition coefficient (Wildman–Crippen LogP) is 6.16. The number of nitrogens with zero attached hydrogens (tertiary/aromatic N) is 3. The third-order valence-corrected chi connectivity index (χ3v) is 5.11. The first-order chi connectivity index (χ1) is 15.3. The van der Waals surface area contributed by atoms with Gasteiger partial charge >= 0.3 is 0 Å². The lowest BCUT2D eigenvalue weighted by Crippen LogP contribution is -2.37. The number of hydrogen-bond donors (Lipinski definition) is 1. The van der Waals surface area contributed by atoms with Crippen LogP contribution in [0.1, 0.15) is 42.9 Å². The number of aliphatic imine (C=N–C) groups is 1. The summed E-state index contributed by atoms with van der Waals surface area (Å²) in [4.78, 5) is 7.16. The molecule has 3 aromatic rings. The monoisotopic (exact) mass is 413 g/mol. The Morgan fingerprint density at radius 1 is 0.742 bits per heavy atom. The molecular formula is C27H31N3O. The van der Waals surface area contributed by atoms with E-state index in [0.717, 1.165) is 30.7 Å². The Bertz CT molecular complexity index is 912. The Kier molecular flexibility index (Phi) is 8.87. The van der Waals surface area contributed by atoms with Gasteiger partial charge in [0, 0.05) is 25.2 Å². The van der Waals surface area contributed by atoms with Crippen molar-refractivity contribution in [3.8, 4) is 0 Å². The lowest BCUT2D eigenvalue weighted by atomic mass is 10.1. The summed E-state index contributed by atoms with van der Waals surface area (Å²) in [6.45, 7) is 4.24. The molecule has 0 bridgehead atoms. The minimum atomic E-state index is 0.504. The fraction of sp³-hybridized carbons (Fsp3) is 0.259. The van der Waals surface area contributed by atoms with Crippen LogP contribution in [-0.2, 0) is 13.1 Å². The van der Waals surface area contributed by atoms with Crippen LogP contribution >= 0.6 is 0 Å². The summed E-state index contributed by atoms with van der Waals surface area (Å²) in [6, 6.07) is 30.5. The van der Waals surface area contributed by atoms with Gasteiger partial charge in [-0.3, -0.25) is 4.99 Å². The van der Waals surface area contributed by atoms with E-state index in [4.69, 9.17) is 4.99 Å². The molecule has 0 radical (unpaired) electrons. The maximum Gasteiger partial charge on any atom is 0.154 e. The van der Waals surface area contributed by atoms with Crippen LogP contribution in [0.25, 0.3) is 0 Å².